The zero-order valence-corrected chi connectivity index (χ0v) is 10.6. The Kier molecular flexibility index (Phi) is 4.16. The minimum atomic E-state index is 0.0224. The number of hydrogen-bond donors (Lipinski definition) is 2. The molecular formula is C12H20N2OS. The van der Waals surface area contributed by atoms with Crippen molar-refractivity contribution in [3.8, 4) is 0 Å². The molecule has 0 bridgehead atoms. The number of carbonyl (C=O) groups is 1. The minimum Gasteiger partial charge on any atom is -0.332 e. The first kappa shape index (κ1) is 11.8. The van der Waals surface area contributed by atoms with Crippen molar-refractivity contribution in [3.63, 3.8) is 0 Å². The van der Waals surface area contributed by atoms with Gasteiger partial charge in [0.25, 0.3) is 0 Å². The van der Waals surface area contributed by atoms with Gasteiger partial charge in [-0.3, -0.25) is 0 Å². The van der Waals surface area contributed by atoms with E-state index >= 15 is 0 Å². The Labute approximate surface area is 101 Å². The number of thioether (sulfide) groups is 1. The summed E-state index contributed by atoms with van der Waals surface area (Å²) in [5.74, 6) is 1.07. The molecule has 0 aromatic rings. The average Bonchev–Trinajstić information content (AvgIpc) is 2.78. The van der Waals surface area contributed by atoms with Gasteiger partial charge in [0.2, 0.25) is 0 Å². The van der Waals surface area contributed by atoms with Crippen molar-refractivity contribution in [2.75, 3.05) is 5.75 Å². The summed E-state index contributed by atoms with van der Waals surface area (Å²) in [6.07, 6.45) is 9.28. The fourth-order valence-electron chi connectivity index (χ4n) is 2.42. The molecule has 3 atom stereocenters. The summed E-state index contributed by atoms with van der Waals surface area (Å²) in [5, 5.41) is 6.63. The Bertz CT molecular complexity index is 280. The Hall–Kier alpha value is -0.640. The van der Waals surface area contributed by atoms with E-state index in [2.05, 4.69) is 29.7 Å². The maximum absolute atomic E-state index is 11.2. The van der Waals surface area contributed by atoms with Crippen LogP contribution >= 0.6 is 11.8 Å². The van der Waals surface area contributed by atoms with Crippen LogP contribution in [0.5, 0.6) is 0 Å². The third kappa shape index (κ3) is 2.73. The van der Waals surface area contributed by atoms with Gasteiger partial charge in [-0.05, 0) is 26.2 Å². The molecule has 0 spiro atoms. The molecule has 2 aliphatic heterocycles. The number of carbonyl (C=O) groups excluding carboxylic acids is 1. The first-order valence-corrected chi connectivity index (χ1v) is 7.16. The molecule has 2 fully saturated rings. The first-order valence-electron chi connectivity index (χ1n) is 6.11. The molecular weight excluding hydrogens is 220 g/mol. The van der Waals surface area contributed by atoms with Gasteiger partial charge in [0, 0.05) is 11.0 Å². The first-order chi connectivity index (χ1) is 7.81. The fourth-order valence-corrected chi connectivity index (χ4v) is 3.96. The van der Waals surface area contributed by atoms with Gasteiger partial charge in [0.05, 0.1) is 12.1 Å². The van der Waals surface area contributed by atoms with Crippen molar-refractivity contribution in [2.45, 2.75) is 49.9 Å². The number of urea groups is 1. The molecule has 2 saturated heterocycles. The van der Waals surface area contributed by atoms with Crippen LogP contribution < -0.4 is 10.6 Å². The standard InChI is InChI=1S/C12H20N2OS/c1-2-3-4-5-6-7-10-11-9(8-16-10)13-12(15)14-11/h2-3,9-11H,4-8H2,1H3,(H2,13,14,15)/t9-,10-,11-/m0/s1. The maximum atomic E-state index is 11.2. The van der Waals surface area contributed by atoms with Crippen LogP contribution in [0.3, 0.4) is 0 Å². The van der Waals surface area contributed by atoms with Crippen LogP contribution in [0.15, 0.2) is 12.2 Å². The van der Waals surface area contributed by atoms with E-state index in [4.69, 9.17) is 0 Å². The lowest BCUT2D eigenvalue weighted by Crippen LogP contribution is -2.36. The molecule has 2 amide bonds. The minimum absolute atomic E-state index is 0.0224. The summed E-state index contributed by atoms with van der Waals surface area (Å²) in [7, 11) is 0. The molecule has 4 heteroatoms. The molecule has 2 heterocycles. The third-order valence-electron chi connectivity index (χ3n) is 3.28. The SMILES string of the molecule is CC=CCCCC[C@@H]1SC[C@@H]2NC(=O)N[C@@H]21. The van der Waals surface area contributed by atoms with Crippen molar-refractivity contribution < 1.29 is 4.79 Å². The lowest BCUT2D eigenvalue weighted by Gasteiger charge is -2.16. The van der Waals surface area contributed by atoms with E-state index in [1.807, 2.05) is 11.8 Å². The molecule has 0 unspecified atom stereocenters. The molecule has 2 rings (SSSR count). The quantitative estimate of drug-likeness (QED) is 0.440. The molecule has 2 N–H and O–H groups in total. The van der Waals surface area contributed by atoms with E-state index in [9.17, 15) is 4.79 Å². The molecule has 90 valence electrons. The predicted molar refractivity (Wildman–Crippen MR) is 68.8 cm³/mol. The van der Waals surface area contributed by atoms with Crippen molar-refractivity contribution in [1.82, 2.24) is 10.6 Å². The zero-order chi connectivity index (χ0) is 11.4. The largest absolute Gasteiger partial charge is 0.332 e. The smallest absolute Gasteiger partial charge is 0.315 e. The summed E-state index contributed by atoms with van der Waals surface area (Å²) < 4.78 is 0. The van der Waals surface area contributed by atoms with Gasteiger partial charge in [0.1, 0.15) is 0 Å². The second-order valence-corrected chi connectivity index (χ2v) is 5.75. The van der Waals surface area contributed by atoms with Gasteiger partial charge >= 0.3 is 6.03 Å². The monoisotopic (exact) mass is 240 g/mol. The molecule has 16 heavy (non-hydrogen) atoms. The van der Waals surface area contributed by atoms with Crippen LogP contribution in [-0.2, 0) is 0 Å². The molecule has 2 aliphatic rings. The Balaban J connectivity index is 1.68. The summed E-state index contributed by atoms with van der Waals surface area (Å²) in [6.45, 7) is 2.07. The number of nitrogens with one attached hydrogen (secondary N) is 2. The number of hydrogen-bond acceptors (Lipinski definition) is 2. The van der Waals surface area contributed by atoms with Gasteiger partial charge in [-0.2, -0.15) is 11.8 Å². The van der Waals surface area contributed by atoms with Gasteiger partial charge < -0.3 is 10.6 Å². The highest BCUT2D eigenvalue weighted by molar-refractivity contribution is 8.00. The summed E-state index contributed by atoms with van der Waals surface area (Å²) in [5.41, 5.74) is 0. The second kappa shape index (κ2) is 5.62. The van der Waals surface area contributed by atoms with Crippen LogP contribution in [0.4, 0.5) is 4.79 Å². The highest BCUT2D eigenvalue weighted by Gasteiger charge is 2.42. The van der Waals surface area contributed by atoms with Crippen molar-refractivity contribution in [3.05, 3.63) is 12.2 Å². The molecule has 0 saturated carbocycles. The lowest BCUT2D eigenvalue weighted by molar-refractivity contribution is 0.247. The molecule has 0 aromatic carbocycles. The second-order valence-electron chi connectivity index (χ2n) is 4.48. The highest BCUT2D eigenvalue weighted by Crippen LogP contribution is 2.33. The normalized spacial score (nSPS) is 32.8. The number of rotatable bonds is 5. The molecule has 3 nitrogen and oxygen atoms in total. The zero-order valence-electron chi connectivity index (χ0n) is 9.74. The fraction of sp³-hybridized carbons (Fsp3) is 0.750. The number of allylic oxidation sites excluding steroid dienone is 2. The summed E-state index contributed by atoms with van der Waals surface area (Å²) in [4.78, 5) is 11.2. The van der Waals surface area contributed by atoms with Crippen molar-refractivity contribution >= 4 is 17.8 Å². The Morgan fingerprint density at radius 1 is 1.44 bits per heavy atom. The Morgan fingerprint density at radius 3 is 3.12 bits per heavy atom. The van der Waals surface area contributed by atoms with Crippen LogP contribution in [-0.4, -0.2) is 29.1 Å². The van der Waals surface area contributed by atoms with E-state index in [1.54, 1.807) is 0 Å². The number of fused-ring (bicyclic) bond motifs is 1. The predicted octanol–water partition coefficient (Wildman–Crippen LogP) is 2.29. The topological polar surface area (TPSA) is 41.1 Å². The van der Waals surface area contributed by atoms with Gasteiger partial charge in [-0.1, -0.05) is 18.6 Å². The van der Waals surface area contributed by atoms with E-state index < -0.39 is 0 Å². The Morgan fingerprint density at radius 2 is 2.31 bits per heavy atom. The van der Waals surface area contributed by atoms with Crippen LogP contribution in [0, 0.1) is 0 Å². The third-order valence-corrected chi connectivity index (χ3v) is 4.79. The van der Waals surface area contributed by atoms with E-state index in [-0.39, 0.29) is 6.03 Å². The molecule has 0 aromatic heterocycles. The van der Waals surface area contributed by atoms with E-state index in [1.165, 1.54) is 25.7 Å². The lowest BCUT2D eigenvalue weighted by atomic mass is 10.0. The molecule has 0 radical (unpaired) electrons. The summed E-state index contributed by atoms with van der Waals surface area (Å²) >= 11 is 2.00. The average molecular weight is 240 g/mol. The maximum Gasteiger partial charge on any atom is 0.315 e. The van der Waals surface area contributed by atoms with Crippen LogP contribution in [0.25, 0.3) is 0 Å². The number of amides is 2. The number of unbranched alkanes of at least 4 members (excludes halogenated alkanes) is 2. The van der Waals surface area contributed by atoms with Crippen LogP contribution in [0.2, 0.25) is 0 Å². The van der Waals surface area contributed by atoms with Crippen molar-refractivity contribution in [2.24, 2.45) is 0 Å². The van der Waals surface area contributed by atoms with E-state index in [0.717, 1.165) is 5.75 Å². The highest BCUT2D eigenvalue weighted by atomic mass is 32.2. The van der Waals surface area contributed by atoms with Crippen molar-refractivity contribution in [1.29, 1.82) is 0 Å². The van der Waals surface area contributed by atoms with E-state index in [0.29, 0.717) is 17.3 Å². The van der Waals surface area contributed by atoms with Gasteiger partial charge in [-0.25, -0.2) is 4.79 Å². The summed E-state index contributed by atoms with van der Waals surface area (Å²) in [6, 6.07) is 0.770. The van der Waals surface area contributed by atoms with Gasteiger partial charge in [0.15, 0.2) is 0 Å². The van der Waals surface area contributed by atoms with Gasteiger partial charge in [-0.15, -0.1) is 0 Å². The van der Waals surface area contributed by atoms with Crippen LogP contribution in [0.1, 0.15) is 32.6 Å². The molecule has 0 aliphatic carbocycles.